The summed E-state index contributed by atoms with van der Waals surface area (Å²) in [4.78, 5) is 31.6. The molecule has 2 amide bonds. The molecule has 8 nitrogen and oxygen atoms in total. The summed E-state index contributed by atoms with van der Waals surface area (Å²) >= 11 is 0. The molecule has 1 atom stereocenters. The minimum absolute atomic E-state index is 0.0860. The Labute approximate surface area is 187 Å². The lowest BCUT2D eigenvalue weighted by atomic mass is 10.1. The molecule has 2 aromatic carbocycles. The molecule has 0 saturated carbocycles. The van der Waals surface area contributed by atoms with Crippen molar-refractivity contribution in [2.24, 2.45) is 0 Å². The minimum atomic E-state index is -0.450. The van der Waals surface area contributed by atoms with E-state index in [2.05, 4.69) is 42.8 Å². The molecule has 0 radical (unpaired) electrons. The van der Waals surface area contributed by atoms with Gasteiger partial charge < -0.3 is 10.6 Å². The fraction of sp³-hybridized carbons (Fsp3) is 0.333. The molecule has 1 aromatic heterocycles. The van der Waals surface area contributed by atoms with Crippen LogP contribution in [0.15, 0.2) is 60.7 Å². The van der Waals surface area contributed by atoms with E-state index in [1.807, 2.05) is 48.5 Å². The molecule has 0 unspecified atom stereocenters. The molecule has 8 heteroatoms. The van der Waals surface area contributed by atoms with Crippen LogP contribution in [0.25, 0.3) is 11.4 Å². The fourth-order valence-corrected chi connectivity index (χ4v) is 3.90. The molecule has 1 aliphatic rings. The van der Waals surface area contributed by atoms with Gasteiger partial charge in [0.25, 0.3) is 0 Å². The van der Waals surface area contributed by atoms with Crippen molar-refractivity contribution in [3.63, 3.8) is 0 Å². The number of hydrogen-bond donors (Lipinski definition) is 3. The van der Waals surface area contributed by atoms with Gasteiger partial charge in [-0.25, -0.2) is 4.98 Å². The number of nitrogens with zero attached hydrogens (tertiary/aromatic N) is 3. The van der Waals surface area contributed by atoms with Gasteiger partial charge in [0.05, 0.1) is 19.0 Å². The first kappa shape index (κ1) is 21.7. The van der Waals surface area contributed by atoms with Crippen LogP contribution >= 0.6 is 0 Å². The lowest BCUT2D eigenvalue weighted by Crippen LogP contribution is -2.56. The Morgan fingerprint density at radius 3 is 2.62 bits per heavy atom. The summed E-state index contributed by atoms with van der Waals surface area (Å²) in [5.74, 6) is 0.894. The van der Waals surface area contributed by atoms with E-state index >= 15 is 0 Å². The van der Waals surface area contributed by atoms with Crippen LogP contribution in [-0.4, -0.2) is 57.6 Å². The third kappa shape index (κ3) is 5.79. The third-order valence-electron chi connectivity index (χ3n) is 5.59. The van der Waals surface area contributed by atoms with Crippen LogP contribution in [0.2, 0.25) is 0 Å². The third-order valence-corrected chi connectivity index (χ3v) is 5.59. The van der Waals surface area contributed by atoms with Crippen molar-refractivity contribution >= 4 is 11.8 Å². The molecule has 3 aromatic rings. The number of H-pyrrole nitrogens is 1. The second-order valence-electron chi connectivity index (χ2n) is 7.88. The first-order valence-corrected chi connectivity index (χ1v) is 11.0. The van der Waals surface area contributed by atoms with Crippen LogP contribution in [0.3, 0.4) is 0 Å². The highest BCUT2D eigenvalue weighted by atomic mass is 16.2. The number of nitrogens with one attached hydrogen (secondary N) is 3. The van der Waals surface area contributed by atoms with E-state index in [0.717, 1.165) is 31.5 Å². The van der Waals surface area contributed by atoms with Crippen molar-refractivity contribution in [3.05, 3.63) is 72.1 Å². The van der Waals surface area contributed by atoms with Crippen LogP contribution < -0.4 is 10.6 Å². The molecular formula is C24H28N6O2. The molecule has 32 heavy (non-hydrogen) atoms. The number of aromatic amines is 1. The van der Waals surface area contributed by atoms with Crippen molar-refractivity contribution in [2.45, 2.75) is 31.8 Å². The van der Waals surface area contributed by atoms with Crippen LogP contribution in [-0.2, 0) is 22.6 Å². The van der Waals surface area contributed by atoms with Gasteiger partial charge in [0.2, 0.25) is 11.8 Å². The largest absolute Gasteiger partial charge is 0.353 e. The van der Waals surface area contributed by atoms with Gasteiger partial charge in [-0.05, 0) is 24.9 Å². The molecule has 0 spiro atoms. The molecule has 1 saturated heterocycles. The smallest absolute Gasteiger partial charge is 0.237 e. The van der Waals surface area contributed by atoms with Gasteiger partial charge in [-0.2, -0.15) is 5.10 Å². The molecular weight excluding hydrogens is 404 g/mol. The Balaban J connectivity index is 1.27. The summed E-state index contributed by atoms with van der Waals surface area (Å²) < 4.78 is 0. The lowest BCUT2D eigenvalue weighted by molar-refractivity contribution is -0.134. The van der Waals surface area contributed by atoms with Crippen molar-refractivity contribution in [1.82, 2.24) is 30.7 Å². The summed E-state index contributed by atoms with van der Waals surface area (Å²) in [7, 11) is 0. The summed E-state index contributed by atoms with van der Waals surface area (Å²) in [5, 5.41) is 12.8. The van der Waals surface area contributed by atoms with E-state index in [1.54, 1.807) is 0 Å². The number of piperazine rings is 1. The average molecular weight is 433 g/mol. The number of carbonyl (C=O) groups excluding carboxylic acids is 2. The number of aryl methyl sites for hydroxylation is 1. The van der Waals surface area contributed by atoms with Crippen molar-refractivity contribution in [2.75, 3.05) is 19.6 Å². The Morgan fingerprint density at radius 1 is 1.09 bits per heavy atom. The highest BCUT2D eigenvalue weighted by Gasteiger charge is 2.31. The van der Waals surface area contributed by atoms with Crippen molar-refractivity contribution in [3.8, 4) is 11.4 Å². The maximum Gasteiger partial charge on any atom is 0.237 e. The van der Waals surface area contributed by atoms with Crippen LogP contribution in [0.4, 0.5) is 0 Å². The second-order valence-corrected chi connectivity index (χ2v) is 7.88. The molecule has 1 fully saturated rings. The van der Waals surface area contributed by atoms with E-state index < -0.39 is 6.04 Å². The summed E-state index contributed by atoms with van der Waals surface area (Å²) in [6.45, 7) is 2.38. The predicted molar refractivity (Wildman–Crippen MR) is 121 cm³/mol. The van der Waals surface area contributed by atoms with Crippen molar-refractivity contribution in [1.29, 1.82) is 0 Å². The Bertz CT molecular complexity index is 1020. The SMILES string of the molecule is O=C(C[C@@H]1C(=O)NCCN1CCCc1ccccc1)NCc1nc(-c2ccccc2)n[nH]1. The normalized spacial score (nSPS) is 16.5. The monoisotopic (exact) mass is 432 g/mol. The quantitative estimate of drug-likeness (QED) is 0.479. The highest BCUT2D eigenvalue weighted by molar-refractivity contribution is 5.88. The number of carbonyl (C=O) groups is 2. The fourth-order valence-electron chi connectivity index (χ4n) is 3.90. The van der Waals surface area contributed by atoms with E-state index in [1.165, 1.54) is 5.56 Å². The molecule has 166 valence electrons. The summed E-state index contributed by atoms with van der Waals surface area (Å²) in [6.07, 6.45) is 2.01. The molecule has 3 N–H and O–H groups in total. The van der Waals surface area contributed by atoms with Gasteiger partial charge in [-0.1, -0.05) is 60.7 Å². The number of benzene rings is 2. The van der Waals surface area contributed by atoms with Gasteiger partial charge in [0, 0.05) is 18.7 Å². The Morgan fingerprint density at radius 2 is 1.84 bits per heavy atom. The number of aromatic nitrogens is 3. The topological polar surface area (TPSA) is 103 Å². The van der Waals surface area contributed by atoms with Crippen LogP contribution in [0.1, 0.15) is 24.2 Å². The maximum atomic E-state index is 12.6. The highest BCUT2D eigenvalue weighted by Crippen LogP contribution is 2.14. The van der Waals surface area contributed by atoms with Gasteiger partial charge in [-0.15, -0.1) is 0 Å². The van der Waals surface area contributed by atoms with E-state index in [9.17, 15) is 9.59 Å². The summed E-state index contributed by atoms with van der Waals surface area (Å²) in [5.41, 5.74) is 2.19. The zero-order valence-electron chi connectivity index (χ0n) is 18.0. The van der Waals surface area contributed by atoms with Gasteiger partial charge in [0.15, 0.2) is 5.82 Å². The Hall–Kier alpha value is -3.52. The maximum absolute atomic E-state index is 12.6. The average Bonchev–Trinajstić information content (AvgIpc) is 3.30. The molecule has 4 rings (SSSR count). The van der Waals surface area contributed by atoms with Gasteiger partial charge >= 0.3 is 0 Å². The predicted octanol–water partition coefficient (Wildman–Crippen LogP) is 1.91. The summed E-state index contributed by atoms with van der Waals surface area (Å²) in [6, 6.07) is 19.5. The van der Waals surface area contributed by atoms with E-state index in [4.69, 9.17) is 0 Å². The lowest BCUT2D eigenvalue weighted by Gasteiger charge is -2.34. The zero-order chi connectivity index (χ0) is 22.2. The van der Waals surface area contributed by atoms with Gasteiger partial charge in [-0.3, -0.25) is 19.6 Å². The Kier molecular flexibility index (Phi) is 7.24. The van der Waals surface area contributed by atoms with Crippen LogP contribution in [0, 0.1) is 0 Å². The van der Waals surface area contributed by atoms with E-state index in [-0.39, 0.29) is 24.8 Å². The first-order chi connectivity index (χ1) is 15.7. The minimum Gasteiger partial charge on any atom is -0.353 e. The first-order valence-electron chi connectivity index (χ1n) is 11.0. The zero-order valence-corrected chi connectivity index (χ0v) is 18.0. The van der Waals surface area contributed by atoms with E-state index in [0.29, 0.717) is 18.2 Å². The van der Waals surface area contributed by atoms with Gasteiger partial charge in [0.1, 0.15) is 5.82 Å². The molecule has 0 bridgehead atoms. The molecule has 0 aliphatic carbocycles. The van der Waals surface area contributed by atoms with Crippen molar-refractivity contribution < 1.29 is 9.59 Å². The second kappa shape index (κ2) is 10.7. The molecule has 1 aliphatic heterocycles. The van der Waals surface area contributed by atoms with Crippen LogP contribution in [0.5, 0.6) is 0 Å². The number of amides is 2. The number of rotatable bonds is 9. The number of hydrogen-bond acceptors (Lipinski definition) is 5. The molecule has 2 heterocycles. The standard InChI is InChI=1S/C24H28N6O2/c31-22(26-17-21-27-23(29-28-21)19-11-5-2-6-12-19)16-20-24(32)25-13-15-30(20)14-7-10-18-8-3-1-4-9-18/h1-6,8-9,11-12,20H,7,10,13-17H2,(H,25,32)(H,26,31)(H,27,28,29)/t20-/m1/s1.